The van der Waals surface area contributed by atoms with Crippen LogP contribution >= 0.6 is 0 Å². The van der Waals surface area contributed by atoms with Gasteiger partial charge in [-0.05, 0) is 32.5 Å². The highest BCUT2D eigenvalue weighted by Crippen LogP contribution is 2.25. The summed E-state index contributed by atoms with van der Waals surface area (Å²) in [4.78, 5) is 16.4. The van der Waals surface area contributed by atoms with Crippen LogP contribution in [0.2, 0.25) is 19.6 Å². The maximum Gasteiger partial charge on any atom is 0.343 e. The van der Waals surface area contributed by atoms with Crippen molar-refractivity contribution >= 4 is 14.3 Å². The SMILES string of the molecule is C[Si](C)(C)OOC(=O)C1CCCCC1. The van der Waals surface area contributed by atoms with E-state index in [0.717, 1.165) is 25.7 Å². The van der Waals surface area contributed by atoms with Crippen LogP contribution in [0.4, 0.5) is 0 Å². The molecule has 0 N–H and O–H groups in total. The summed E-state index contributed by atoms with van der Waals surface area (Å²) in [5.74, 6) is -0.0766. The predicted molar refractivity (Wildman–Crippen MR) is 57.1 cm³/mol. The maximum atomic E-state index is 11.5. The zero-order valence-electron chi connectivity index (χ0n) is 9.34. The van der Waals surface area contributed by atoms with Crippen molar-refractivity contribution < 1.29 is 14.3 Å². The van der Waals surface area contributed by atoms with Crippen LogP contribution in [0, 0.1) is 5.92 Å². The van der Waals surface area contributed by atoms with E-state index < -0.39 is 8.32 Å². The van der Waals surface area contributed by atoms with Crippen LogP contribution in [0.15, 0.2) is 0 Å². The van der Waals surface area contributed by atoms with E-state index in [-0.39, 0.29) is 11.9 Å². The third-order valence-electron chi connectivity index (χ3n) is 2.31. The molecule has 0 aromatic heterocycles. The van der Waals surface area contributed by atoms with Crippen molar-refractivity contribution in [3.05, 3.63) is 0 Å². The molecule has 0 aliphatic heterocycles. The van der Waals surface area contributed by atoms with E-state index in [0.29, 0.717) is 0 Å². The van der Waals surface area contributed by atoms with E-state index in [1.165, 1.54) is 6.42 Å². The van der Waals surface area contributed by atoms with E-state index in [9.17, 15) is 4.79 Å². The molecular formula is C10H20O3Si. The highest BCUT2D eigenvalue weighted by molar-refractivity contribution is 6.69. The van der Waals surface area contributed by atoms with Crippen LogP contribution in [0.3, 0.4) is 0 Å². The summed E-state index contributed by atoms with van der Waals surface area (Å²) >= 11 is 0. The molecular weight excluding hydrogens is 196 g/mol. The number of carbonyl (C=O) groups is 1. The van der Waals surface area contributed by atoms with Crippen LogP contribution in [0.5, 0.6) is 0 Å². The van der Waals surface area contributed by atoms with Crippen LogP contribution in [0.25, 0.3) is 0 Å². The van der Waals surface area contributed by atoms with Crippen molar-refractivity contribution in [1.29, 1.82) is 0 Å². The number of rotatable bonds is 3. The smallest absolute Gasteiger partial charge is 0.310 e. The van der Waals surface area contributed by atoms with Gasteiger partial charge in [0.2, 0.25) is 8.32 Å². The first kappa shape index (κ1) is 11.7. The van der Waals surface area contributed by atoms with E-state index in [4.69, 9.17) is 9.46 Å². The largest absolute Gasteiger partial charge is 0.343 e. The third kappa shape index (κ3) is 4.24. The molecule has 0 amide bonds. The van der Waals surface area contributed by atoms with E-state index in [1.54, 1.807) is 0 Å². The van der Waals surface area contributed by atoms with Gasteiger partial charge in [-0.15, -0.1) is 0 Å². The molecule has 4 heteroatoms. The Morgan fingerprint density at radius 2 is 1.71 bits per heavy atom. The second-order valence-corrected chi connectivity index (χ2v) is 9.32. The Balaban J connectivity index is 2.27. The highest BCUT2D eigenvalue weighted by atomic mass is 28.4. The first-order chi connectivity index (χ1) is 6.49. The molecule has 1 aliphatic carbocycles. The summed E-state index contributed by atoms with van der Waals surface area (Å²) in [5, 5.41) is 0. The molecule has 1 aliphatic rings. The minimum absolute atomic E-state index is 0.0834. The quantitative estimate of drug-likeness (QED) is 0.413. The molecule has 0 aromatic rings. The number of hydrogen-bond donors (Lipinski definition) is 0. The van der Waals surface area contributed by atoms with Gasteiger partial charge in [-0.25, -0.2) is 9.37 Å². The molecule has 1 rings (SSSR count). The van der Waals surface area contributed by atoms with Gasteiger partial charge in [0.1, 0.15) is 0 Å². The number of hydrogen-bond acceptors (Lipinski definition) is 3. The number of carbonyl (C=O) groups excluding carboxylic acids is 1. The van der Waals surface area contributed by atoms with E-state index in [1.807, 2.05) is 19.6 Å². The van der Waals surface area contributed by atoms with Crippen molar-refractivity contribution in [2.75, 3.05) is 0 Å². The Hall–Kier alpha value is -0.353. The lowest BCUT2D eigenvalue weighted by atomic mass is 9.89. The van der Waals surface area contributed by atoms with Gasteiger partial charge in [-0.2, -0.15) is 0 Å². The molecule has 1 fully saturated rings. The first-order valence-electron chi connectivity index (χ1n) is 5.38. The lowest BCUT2D eigenvalue weighted by Gasteiger charge is -2.21. The Bertz CT molecular complexity index is 192. The molecule has 0 saturated heterocycles. The molecule has 0 bridgehead atoms. The summed E-state index contributed by atoms with van der Waals surface area (Å²) in [6.07, 6.45) is 5.47. The lowest BCUT2D eigenvalue weighted by Crippen LogP contribution is -2.30. The Labute approximate surface area is 86.8 Å². The van der Waals surface area contributed by atoms with Gasteiger partial charge < -0.3 is 4.89 Å². The van der Waals surface area contributed by atoms with E-state index in [2.05, 4.69) is 0 Å². The fourth-order valence-electron chi connectivity index (χ4n) is 1.57. The predicted octanol–water partition coefficient (Wildman–Crippen LogP) is 2.88. The van der Waals surface area contributed by atoms with Gasteiger partial charge in [-0.1, -0.05) is 19.3 Å². The molecule has 1 saturated carbocycles. The lowest BCUT2D eigenvalue weighted by molar-refractivity contribution is -0.225. The van der Waals surface area contributed by atoms with Crippen LogP contribution < -0.4 is 0 Å². The van der Waals surface area contributed by atoms with Gasteiger partial charge in [0.15, 0.2) is 0 Å². The Morgan fingerprint density at radius 3 is 2.21 bits per heavy atom. The Morgan fingerprint density at radius 1 is 1.14 bits per heavy atom. The monoisotopic (exact) mass is 216 g/mol. The van der Waals surface area contributed by atoms with E-state index >= 15 is 0 Å². The topological polar surface area (TPSA) is 35.5 Å². The van der Waals surface area contributed by atoms with Crippen molar-refractivity contribution in [1.82, 2.24) is 0 Å². The fraction of sp³-hybridized carbons (Fsp3) is 0.900. The highest BCUT2D eigenvalue weighted by Gasteiger charge is 2.26. The zero-order valence-corrected chi connectivity index (χ0v) is 10.3. The van der Waals surface area contributed by atoms with Gasteiger partial charge in [0.05, 0.1) is 5.92 Å². The molecule has 0 heterocycles. The zero-order chi connectivity index (χ0) is 10.6. The van der Waals surface area contributed by atoms with Crippen molar-refractivity contribution in [3.8, 4) is 0 Å². The van der Waals surface area contributed by atoms with Gasteiger partial charge in [0, 0.05) is 0 Å². The minimum Gasteiger partial charge on any atom is -0.310 e. The molecule has 0 unspecified atom stereocenters. The standard InChI is InChI=1S/C10H20O3Si/c1-14(2,3)13-12-10(11)9-7-5-4-6-8-9/h9H,4-8H2,1-3H3. The minimum atomic E-state index is -1.73. The normalized spacial score (nSPS) is 19.4. The molecule has 0 atom stereocenters. The molecule has 0 aromatic carbocycles. The molecule has 0 radical (unpaired) electrons. The summed E-state index contributed by atoms with van der Waals surface area (Å²) in [6.45, 7) is 6.00. The molecule has 0 spiro atoms. The van der Waals surface area contributed by atoms with Crippen LogP contribution in [-0.2, 0) is 14.3 Å². The summed E-state index contributed by atoms with van der Waals surface area (Å²) in [7, 11) is -1.73. The first-order valence-corrected chi connectivity index (χ1v) is 8.79. The molecule has 3 nitrogen and oxygen atoms in total. The average molecular weight is 216 g/mol. The van der Waals surface area contributed by atoms with Gasteiger partial charge >= 0.3 is 5.97 Å². The third-order valence-corrected chi connectivity index (χ3v) is 2.90. The molecule has 82 valence electrons. The van der Waals surface area contributed by atoms with Gasteiger partial charge in [0.25, 0.3) is 0 Å². The van der Waals surface area contributed by atoms with Crippen molar-refractivity contribution in [2.45, 2.75) is 51.7 Å². The van der Waals surface area contributed by atoms with Gasteiger partial charge in [-0.3, -0.25) is 0 Å². The average Bonchev–Trinajstić information content (AvgIpc) is 2.14. The summed E-state index contributed by atoms with van der Waals surface area (Å²) in [5.41, 5.74) is 0. The second-order valence-electron chi connectivity index (χ2n) is 4.93. The van der Waals surface area contributed by atoms with Crippen LogP contribution in [-0.4, -0.2) is 14.3 Å². The Kier molecular flexibility index (Phi) is 4.13. The summed E-state index contributed by atoms with van der Waals surface area (Å²) in [6, 6.07) is 0. The summed E-state index contributed by atoms with van der Waals surface area (Å²) < 4.78 is 5.13. The fourth-order valence-corrected chi connectivity index (χ4v) is 1.90. The molecule has 14 heavy (non-hydrogen) atoms. The van der Waals surface area contributed by atoms with Crippen molar-refractivity contribution in [2.24, 2.45) is 5.92 Å². The second kappa shape index (κ2) is 4.93. The van der Waals surface area contributed by atoms with Crippen LogP contribution in [0.1, 0.15) is 32.1 Å². The van der Waals surface area contributed by atoms with Crippen molar-refractivity contribution in [3.63, 3.8) is 0 Å². The maximum absolute atomic E-state index is 11.5.